The molecule has 7 nitrogen and oxygen atoms in total. The molecule has 0 N–H and O–H groups in total. The Balaban J connectivity index is 1.30. The largest absolute Gasteiger partial charge is 0.352 e. The first kappa shape index (κ1) is 23.3. The topological polar surface area (TPSA) is 68.8 Å². The summed E-state index contributed by atoms with van der Waals surface area (Å²) >= 11 is 7.58. The minimum Gasteiger partial charge on any atom is -0.352 e. The summed E-state index contributed by atoms with van der Waals surface area (Å²) in [6.45, 7) is 2.19. The Bertz CT molecular complexity index is 1690. The highest BCUT2D eigenvalue weighted by Gasteiger charge is 2.37. The van der Waals surface area contributed by atoms with Crippen LogP contribution in [0, 0.1) is 11.7 Å². The molecule has 38 heavy (non-hydrogen) atoms. The van der Waals surface area contributed by atoms with Gasteiger partial charge in [-0.2, -0.15) is 0 Å². The van der Waals surface area contributed by atoms with Gasteiger partial charge in [-0.1, -0.05) is 29.8 Å². The Morgan fingerprint density at radius 2 is 1.76 bits per heavy atom. The Morgan fingerprint density at radius 3 is 2.58 bits per heavy atom. The number of thiazole rings is 1. The second-order valence-electron chi connectivity index (χ2n) is 9.79. The Hall–Kier alpha value is -3.82. The maximum absolute atomic E-state index is 13.6. The first-order valence-electron chi connectivity index (χ1n) is 12.4. The van der Waals surface area contributed by atoms with E-state index >= 15 is 0 Å². The second-order valence-corrected chi connectivity index (χ2v) is 11.1. The zero-order valence-corrected chi connectivity index (χ0v) is 21.7. The fraction of sp³-hybridized carbons (Fsp3) is 0.214. The van der Waals surface area contributed by atoms with E-state index in [1.807, 2.05) is 40.3 Å². The molecule has 7 rings (SSSR count). The number of aromatic nitrogens is 5. The fourth-order valence-corrected chi connectivity index (χ4v) is 6.48. The third-order valence-corrected chi connectivity index (χ3v) is 8.38. The predicted octanol–water partition coefficient (Wildman–Crippen LogP) is 5.64. The summed E-state index contributed by atoms with van der Waals surface area (Å²) in [6, 6.07) is 19.3. The minimum absolute atomic E-state index is 0.0612. The van der Waals surface area contributed by atoms with Crippen molar-refractivity contribution in [2.24, 2.45) is 5.92 Å². The third-order valence-electron chi connectivity index (χ3n) is 7.28. The lowest BCUT2D eigenvalue weighted by Crippen LogP contribution is -2.47. The van der Waals surface area contributed by atoms with Crippen LogP contribution in [0.4, 0.5) is 10.2 Å². The molecule has 5 aromatic rings. The van der Waals surface area contributed by atoms with Gasteiger partial charge in [0.1, 0.15) is 10.8 Å². The molecule has 0 saturated carbocycles. The Kier molecular flexibility index (Phi) is 5.63. The fourth-order valence-electron chi connectivity index (χ4n) is 5.55. The normalized spacial score (nSPS) is 18.4. The first-order chi connectivity index (χ1) is 18.5. The summed E-state index contributed by atoms with van der Waals surface area (Å²) in [5, 5.41) is 13.2. The Labute approximate surface area is 226 Å². The van der Waals surface area contributed by atoms with Crippen LogP contribution in [0.2, 0.25) is 5.02 Å². The number of rotatable bonds is 4. The lowest BCUT2D eigenvalue weighted by atomic mass is 9.83. The number of halogens is 2. The molecule has 0 spiro atoms. The number of anilines is 1. The summed E-state index contributed by atoms with van der Waals surface area (Å²) in [6.07, 6.45) is 1.04. The summed E-state index contributed by atoms with van der Waals surface area (Å²) < 4.78 is 15.5. The number of piperidine rings is 1. The van der Waals surface area contributed by atoms with E-state index in [-0.39, 0.29) is 17.3 Å². The number of benzene rings is 2. The highest BCUT2D eigenvalue weighted by atomic mass is 35.5. The molecule has 190 valence electrons. The van der Waals surface area contributed by atoms with Crippen molar-refractivity contribution in [3.63, 3.8) is 0 Å². The van der Waals surface area contributed by atoms with Gasteiger partial charge in [0.25, 0.3) is 5.56 Å². The van der Waals surface area contributed by atoms with E-state index in [0.717, 1.165) is 47.3 Å². The molecule has 2 aliphatic rings. The summed E-state index contributed by atoms with van der Waals surface area (Å²) in [7, 11) is 0. The van der Waals surface area contributed by atoms with Gasteiger partial charge in [0, 0.05) is 53.3 Å². The Morgan fingerprint density at radius 1 is 0.947 bits per heavy atom. The SMILES string of the molecule is O=c1cccc2n1CC1CC2CN(c2nn(-c3ccc(F)cc3)nc2-c2nc(-c3ccc(Cl)cc3)cs2)C1. The molecule has 2 unspecified atom stereocenters. The maximum Gasteiger partial charge on any atom is 0.250 e. The van der Waals surface area contributed by atoms with Crippen LogP contribution in [-0.4, -0.2) is 37.6 Å². The van der Waals surface area contributed by atoms with Gasteiger partial charge >= 0.3 is 0 Å². The molecule has 2 aliphatic heterocycles. The molecule has 3 aromatic heterocycles. The van der Waals surface area contributed by atoms with Gasteiger partial charge in [-0.25, -0.2) is 9.37 Å². The molecule has 1 fully saturated rings. The van der Waals surface area contributed by atoms with Gasteiger partial charge in [0.2, 0.25) is 0 Å². The molecule has 0 radical (unpaired) electrons. The molecule has 0 amide bonds. The third kappa shape index (κ3) is 4.12. The smallest absolute Gasteiger partial charge is 0.250 e. The van der Waals surface area contributed by atoms with Crippen molar-refractivity contribution in [3.8, 4) is 27.6 Å². The van der Waals surface area contributed by atoms with Crippen LogP contribution >= 0.6 is 22.9 Å². The lowest BCUT2D eigenvalue weighted by Gasteiger charge is -2.42. The average molecular weight is 545 g/mol. The molecule has 2 aromatic carbocycles. The molecule has 0 aliphatic carbocycles. The van der Waals surface area contributed by atoms with Gasteiger partial charge in [-0.05, 0) is 54.8 Å². The van der Waals surface area contributed by atoms with Crippen LogP contribution in [0.5, 0.6) is 0 Å². The molecular weight excluding hydrogens is 523 g/mol. The summed E-state index contributed by atoms with van der Waals surface area (Å²) in [4.78, 5) is 21.2. The second kappa shape index (κ2) is 9.18. The molecule has 5 heterocycles. The van der Waals surface area contributed by atoms with Gasteiger partial charge in [0.05, 0.1) is 11.4 Å². The number of hydrogen-bond donors (Lipinski definition) is 0. The molecular formula is C28H22ClFN6OS. The van der Waals surface area contributed by atoms with Crippen LogP contribution < -0.4 is 10.5 Å². The number of pyridine rings is 1. The maximum atomic E-state index is 13.6. The zero-order chi connectivity index (χ0) is 25.8. The van der Waals surface area contributed by atoms with Crippen molar-refractivity contribution in [2.75, 3.05) is 18.0 Å². The lowest BCUT2D eigenvalue weighted by molar-refractivity contribution is 0.280. The van der Waals surface area contributed by atoms with Crippen LogP contribution in [0.15, 0.2) is 76.9 Å². The van der Waals surface area contributed by atoms with E-state index in [9.17, 15) is 9.18 Å². The van der Waals surface area contributed by atoms with Crippen molar-refractivity contribution in [1.29, 1.82) is 0 Å². The van der Waals surface area contributed by atoms with E-state index in [2.05, 4.69) is 11.0 Å². The van der Waals surface area contributed by atoms with Crippen molar-refractivity contribution in [3.05, 3.63) is 99.0 Å². The van der Waals surface area contributed by atoms with Crippen molar-refractivity contribution in [2.45, 2.75) is 18.9 Å². The minimum atomic E-state index is -0.313. The standard InChI is InChI=1S/C28H22ClFN6OS/c29-20-6-4-18(5-7-20)23-16-38-28(31-23)26-27(33-36(32-26)22-10-8-21(30)9-11-22)34-13-17-12-19(15-34)24-2-1-3-25(37)35(24)14-17/h1-11,16-17,19H,12-15H2. The quantitative estimate of drug-likeness (QED) is 0.293. The van der Waals surface area contributed by atoms with E-state index in [1.54, 1.807) is 23.0 Å². The summed E-state index contributed by atoms with van der Waals surface area (Å²) in [5.74, 6) is 0.978. The number of nitrogens with zero attached hydrogens (tertiary/aromatic N) is 6. The molecule has 2 atom stereocenters. The van der Waals surface area contributed by atoms with Crippen LogP contribution in [-0.2, 0) is 6.54 Å². The molecule has 10 heteroatoms. The highest BCUT2D eigenvalue weighted by Crippen LogP contribution is 2.40. The van der Waals surface area contributed by atoms with Crippen LogP contribution in [0.25, 0.3) is 27.6 Å². The van der Waals surface area contributed by atoms with Crippen LogP contribution in [0.3, 0.4) is 0 Å². The number of fused-ring (bicyclic) bond motifs is 4. The highest BCUT2D eigenvalue weighted by molar-refractivity contribution is 7.13. The van der Waals surface area contributed by atoms with Crippen molar-refractivity contribution >= 4 is 28.8 Å². The van der Waals surface area contributed by atoms with E-state index < -0.39 is 0 Å². The van der Waals surface area contributed by atoms with Crippen molar-refractivity contribution < 1.29 is 4.39 Å². The molecule has 2 bridgehead atoms. The van der Waals surface area contributed by atoms with Crippen LogP contribution in [0.1, 0.15) is 18.0 Å². The first-order valence-corrected chi connectivity index (χ1v) is 13.7. The van der Waals surface area contributed by atoms with Gasteiger partial charge in [0.15, 0.2) is 11.5 Å². The molecule has 1 saturated heterocycles. The van der Waals surface area contributed by atoms with Gasteiger partial charge in [-0.15, -0.1) is 26.3 Å². The van der Waals surface area contributed by atoms with E-state index in [4.69, 9.17) is 26.8 Å². The van der Waals surface area contributed by atoms with E-state index in [0.29, 0.717) is 28.9 Å². The summed E-state index contributed by atoms with van der Waals surface area (Å²) in [5.41, 5.74) is 4.30. The average Bonchev–Trinajstić information content (AvgIpc) is 3.58. The zero-order valence-electron chi connectivity index (χ0n) is 20.2. The monoisotopic (exact) mass is 544 g/mol. The van der Waals surface area contributed by atoms with Gasteiger partial charge in [-0.3, -0.25) is 4.79 Å². The van der Waals surface area contributed by atoms with Gasteiger partial charge < -0.3 is 9.47 Å². The van der Waals surface area contributed by atoms with Crippen molar-refractivity contribution in [1.82, 2.24) is 24.5 Å². The number of hydrogen-bond acceptors (Lipinski definition) is 6. The predicted molar refractivity (Wildman–Crippen MR) is 147 cm³/mol. The van der Waals surface area contributed by atoms with E-state index in [1.165, 1.54) is 23.5 Å².